The third-order valence-corrected chi connectivity index (χ3v) is 3.80. The minimum absolute atomic E-state index is 0.0299. The van der Waals surface area contributed by atoms with E-state index in [9.17, 15) is 9.59 Å². The lowest BCUT2D eigenvalue weighted by Crippen LogP contribution is -2.63. The number of nitrogens with zero attached hydrogens (tertiary/aromatic N) is 3. The Morgan fingerprint density at radius 3 is 2.67 bits per heavy atom. The summed E-state index contributed by atoms with van der Waals surface area (Å²) in [6.07, 6.45) is 4.88. The van der Waals surface area contributed by atoms with Crippen molar-refractivity contribution in [2.75, 3.05) is 6.54 Å². The number of hydrogen-bond donors (Lipinski definition) is 1. The smallest absolute Gasteiger partial charge is 0.245 e. The molecule has 2 unspecified atom stereocenters. The third-order valence-electron chi connectivity index (χ3n) is 3.80. The Labute approximate surface area is 125 Å². The Hall–Kier alpha value is -1.85. The van der Waals surface area contributed by atoms with Crippen LogP contribution >= 0.6 is 0 Å². The molecule has 0 spiro atoms. The monoisotopic (exact) mass is 292 g/mol. The highest BCUT2D eigenvalue weighted by Gasteiger charge is 2.39. The lowest BCUT2D eigenvalue weighted by atomic mass is 9.97. The van der Waals surface area contributed by atoms with Crippen molar-refractivity contribution in [3.63, 3.8) is 0 Å². The van der Waals surface area contributed by atoms with Crippen LogP contribution in [0.4, 0.5) is 0 Å². The minimum atomic E-state index is -0.391. The normalized spacial score (nSPS) is 22.8. The predicted octanol–water partition coefficient (Wildman–Crippen LogP) is 1.03. The highest BCUT2D eigenvalue weighted by Crippen LogP contribution is 2.17. The van der Waals surface area contributed by atoms with Gasteiger partial charge in [0, 0.05) is 18.9 Å². The average Bonchev–Trinajstić information content (AvgIpc) is 2.93. The SMILES string of the molecule is CCC1C(=O)NC(CC(C)C)C(=O)N1CCn1cccn1. The van der Waals surface area contributed by atoms with Crippen molar-refractivity contribution >= 4 is 11.8 Å². The quantitative estimate of drug-likeness (QED) is 0.851. The third kappa shape index (κ3) is 3.62. The molecule has 0 aromatic carbocycles. The molecule has 1 aliphatic heterocycles. The van der Waals surface area contributed by atoms with E-state index >= 15 is 0 Å². The van der Waals surface area contributed by atoms with E-state index in [1.165, 1.54) is 0 Å². The fraction of sp³-hybridized carbons (Fsp3) is 0.667. The van der Waals surface area contributed by atoms with Gasteiger partial charge in [-0.1, -0.05) is 20.8 Å². The van der Waals surface area contributed by atoms with Crippen LogP contribution in [0.3, 0.4) is 0 Å². The van der Waals surface area contributed by atoms with Crippen LogP contribution in [0.5, 0.6) is 0 Å². The first-order chi connectivity index (χ1) is 10.0. The van der Waals surface area contributed by atoms with Gasteiger partial charge >= 0.3 is 0 Å². The topological polar surface area (TPSA) is 67.2 Å². The summed E-state index contributed by atoms with van der Waals surface area (Å²) in [6, 6.07) is 1.10. The molecule has 0 aliphatic carbocycles. The molecule has 2 rings (SSSR count). The summed E-state index contributed by atoms with van der Waals surface area (Å²) in [4.78, 5) is 26.5. The van der Waals surface area contributed by atoms with Crippen molar-refractivity contribution in [3.8, 4) is 0 Å². The Morgan fingerprint density at radius 1 is 1.33 bits per heavy atom. The lowest BCUT2D eigenvalue weighted by molar-refractivity contribution is -0.150. The van der Waals surface area contributed by atoms with Crippen molar-refractivity contribution in [3.05, 3.63) is 18.5 Å². The van der Waals surface area contributed by atoms with Gasteiger partial charge in [-0.25, -0.2) is 0 Å². The predicted molar refractivity (Wildman–Crippen MR) is 79.4 cm³/mol. The van der Waals surface area contributed by atoms with Crippen LogP contribution in [0.2, 0.25) is 0 Å². The first-order valence-corrected chi connectivity index (χ1v) is 7.61. The van der Waals surface area contributed by atoms with E-state index in [0.29, 0.717) is 31.8 Å². The Balaban J connectivity index is 2.08. The molecule has 2 amide bonds. The van der Waals surface area contributed by atoms with E-state index < -0.39 is 6.04 Å². The molecule has 1 N–H and O–H groups in total. The van der Waals surface area contributed by atoms with Crippen molar-refractivity contribution in [2.45, 2.75) is 52.2 Å². The van der Waals surface area contributed by atoms with E-state index in [2.05, 4.69) is 24.3 Å². The number of hydrogen-bond acceptors (Lipinski definition) is 3. The van der Waals surface area contributed by atoms with Crippen LogP contribution in [0, 0.1) is 5.92 Å². The van der Waals surface area contributed by atoms with Crippen LogP contribution in [0.15, 0.2) is 18.5 Å². The lowest BCUT2D eigenvalue weighted by Gasteiger charge is -2.39. The van der Waals surface area contributed by atoms with E-state index in [-0.39, 0.29) is 17.9 Å². The molecular weight excluding hydrogens is 268 g/mol. The van der Waals surface area contributed by atoms with Crippen LogP contribution in [-0.4, -0.2) is 45.1 Å². The number of rotatable bonds is 6. The number of carbonyl (C=O) groups excluding carboxylic acids is 2. The largest absolute Gasteiger partial charge is 0.342 e. The number of aromatic nitrogens is 2. The molecule has 0 saturated carbocycles. The number of piperazine rings is 1. The summed E-state index contributed by atoms with van der Waals surface area (Å²) in [5.74, 6) is 0.357. The standard InChI is InChI=1S/C15H24N4O2/c1-4-13-14(20)17-12(10-11(2)3)15(21)19(13)9-8-18-7-5-6-16-18/h5-7,11-13H,4,8-10H2,1-3H3,(H,17,20). The summed E-state index contributed by atoms with van der Waals surface area (Å²) in [5, 5.41) is 7.01. The molecule has 1 aliphatic rings. The number of amides is 2. The van der Waals surface area contributed by atoms with Gasteiger partial charge in [-0.3, -0.25) is 14.3 Å². The van der Waals surface area contributed by atoms with Gasteiger partial charge in [-0.05, 0) is 24.8 Å². The molecule has 2 atom stereocenters. The summed E-state index contributed by atoms with van der Waals surface area (Å²) in [6.45, 7) is 7.16. The van der Waals surface area contributed by atoms with Gasteiger partial charge in [-0.15, -0.1) is 0 Å². The van der Waals surface area contributed by atoms with Crippen LogP contribution < -0.4 is 5.32 Å². The first kappa shape index (κ1) is 15.5. The van der Waals surface area contributed by atoms with Crippen LogP contribution in [-0.2, 0) is 16.1 Å². The van der Waals surface area contributed by atoms with Crippen molar-refractivity contribution in [1.82, 2.24) is 20.0 Å². The fourth-order valence-electron chi connectivity index (χ4n) is 2.77. The van der Waals surface area contributed by atoms with E-state index in [4.69, 9.17) is 0 Å². The Morgan fingerprint density at radius 2 is 2.10 bits per heavy atom. The van der Waals surface area contributed by atoms with Gasteiger partial charge < -0.3 is 10.2 Å². The van der Waals surface area contributed by atoms with Gasteiger partial charge in [0.2, 0.25) is 11.8 Å². The summed E-state index contributed by atoms with van der Waals surface area (Å²) in [5.41, 5.74) is 0. The Kier molecular flexibility index (Phi) is 4.98. The highest BCUT2D eigenvalue weighted by molar-refractivity contribution is 5.96. The zero-order valence-electron chi connectivity index (χ0n) is 13.0. The zero-order chi connectivity index (χ0) is 15.4. The average molecular weight is 292 g/mol. The van der Waals surface area contributed by atoms with Crippen molar-refractivity contribution < 1.29 is 9.59 Å². The van der Waals surface area contributed by atoms with Gasteiger partial charge in [-0.2, -0.15) is 5.10 Å². The second kappa shape index (κ2) is 6.74. The molecule has 1 saturated heterocycles. The van der Waals surface area contributed by atoms with Gasteiger partial charge in [0.05, 0.1) is 6.54 Å². The number of nitrogens with one attached hydrogen (secondary N) is 1. The first-order valence-electron chi connectivity index (χ1n) is 7.61. The molecule has 116 valence electrons. The maximum atomic E-state index is 12.6. The van der Waals surface area contributed by atoms with Crippen LogP contribution in [0.1, 0.15) is 33.6 Å². The van der Waals surface area contributed by atoms with Gasteiger partial charge in [0.25, 0.3) is 0 Å². The molecule has 1 fully saturated rings. The molecule has 6 nitrogen and oxygen atoms in total. The van der Waals surface area contributed by atoms with Gasteiger partial charge in [0.1, 0.15) is 12.1 Å². The van der Waals surface area contributed by atoms with Crippen molar-refractivity contribution in [2.24, 2.45) is 5.92 Å². The molecule has 1 aromatic rings. The molecular formula is C15H24N4O2. The second-order valence-corrected chi connectivity index (χ2v) is 5.92. The summed E-state index contributed by atoms with van der Waals surface area (Å²) < 4.78 is 1.78. The second-order valence-electron chi connectivity index (χ2n) is 5.92. The Bertz CT molecular complexity index is 484. The molecule has 21 heavy (non-hydrogen) atoms. The maximum Gasteiger partial charge on any atom is 0.245 e. The molecule has 1 aromatic heterocycles. The fourth-order valence-corrected chi connectivity index (χ4v) is 2.77. The number of carbonyl (C=O) groups is 2. The van der Waals surface area contributed by atoms with E-state index in [1.54, 1.807) is 15.8 Å². The van der Waals surface area contributed by atoms with E-state index in [0.717, 1.165) is 0 Å². The van der Waals surface area contributed by atoms with Crippen LogP contribution in [0.25, 0.3) is 0 Å². The van der Waals surface area contributed by atoms with E-state index in [1.807, 2.05) is 19.2 Å². The molecule has 2 heterocycles. The van der Waals surface area contributed by atoms with Gasteiger partial charge in [0.15, 0.2) is 0 Å². The maximum absolute atomic E-state index is 12.6. The summed E-state index contributed by atoms with van der Waals surface area (Å²) >= 11 is 0. The molecule has 0 radical (unpaired) electrons. The molecule has 6 heteroatoms. The highest BCUT2D eigenvalue weighted by atomic mass is 16.2. The van der Waals surface area contributed by atoms with Crippen molar-refractivity contribution in [1.29, 1.82) is 0 Å². The minimum Gasteiger partial charge on any atom is -0.342 e. The molecule has 0 bridgehead atoms. The zero-order valence-corrected chi connectivity index (χ0v) is 13.0. The summed E-state index contributed by atoms with van der Waals surface area (Å²) in [7, 11) is 0.